The van der Waals surface area contributed by atoms with E-state index < -0.39 is 11.9 Å². The van der Waals surface area contributed by atoms with Gasteiger partial charge in [-0.25, -0.2) is 0 Å². The van der Waals surface area contributed by atoms with Crippen molar-refractivity contribution in [2.45, 2.75) is 51.0 Å². The highest BCUT2D eigenvalue weighted by Crippen LogP contribution is 2.50. The van der Waals surface area contributed by atoms with Crippen molar-refractivity contribution in [1.82, 2.24) is 4.90 Å². The highest BCUT2D eigenvalue weighted by atomic mass is 127. The van der Waals surface area contributed by atoms with Gasteiger partial charge in [-0.05, 0) is 83.7 Å². The molecule has 0 unspecified atom stereocenters. The summed E-state index contributed by atoms with van der Waals surface area (Å²) in [7, 11) is 1.57. The number of ketones is 2. The quantitative estimate of drug-likeness (QED) is 0.349. The Kier molecular flexibility index (Phi) is 7.95. The summed E-state index contributed by atoms with van der Waals surface area (Å²) < 4.78 is 13.7. The number of Topliss-reactive ketones (excluding diaryl/α,β-unsaturated/α-hetero) is 2. The molecule has 9 heteroatoms. The minimum absolute atomic E-state index is 0.0268. The van der Waals surface area contributed by atoms with Crippen molar-refractivity contribution in [2.75, 3.05) is 13.7 Å². The Labute approximate surface area is 243 Å². The van der Waals surface area contributed by atoms with Gasteiger partial charge in [0.2, 0.25) is 0 Å². The zero-order chi connectivity index (χ0) is 27.0. The first-order valence-electron chi connectivity index (χ1n) is 12.5. The van der Waals surface area contributed by atoms with E-state index in [1.54, 1.807) is 12.0 Å². The number of carboxylic acid groups (broad SMARTS) is 1. The summed E-state index contributed by atoms with van der Waals surface area (Å²) in [5.74, 6) is -0.471. The maximum Gasteiger partial charge on any atom is 0.323 e. The maximum absolute atomic E-state index is 13.4. The molecule has 2 aliphatic carbocycles. The molecule has 0 fully saturated rings. The van der Waals surface area contributed by atoms with E-state index in [1.807, 2.05) is 36.4 Å². The van der Waals surface area contributed by atoms with E-state index in [-0.39, 0.29) is 18.1 Å². The smallest absolute Gasteiger partial charge is 0.323 e. The molecular formula is C29H27BrINO6. The number of allylic oxidation sites excluding steroid dienone is 4. The average Bonchev–Trinajstić information content (AvgIpc) is 2.89. The van der Waals surface area contributed by atoms with Gasteiger partial charge in [0.25, 0.3) is 0 Å². The zero-order valence-electron chi connectivity index (χ0n) is 20.9. The Bertz CT molecular complexity index is 1340. The standard InChI is InChI=1S/C29H27BrINO6/c1-37-24-13-17(12-19(31)29(24)38-15-16-8-10-18(30)11-9-16)26-27-20(4-2-6-22(27)33)32(14-25(35)36)21-5-3-7-23(34)28(21)26/h8-13,26H,2-7,14-15H2,1H3,(H,35,36). The number of nitrogens with zero attached hydrogens (tertiary/aromatic N) is 1. The van der Waals surface area contributed by atoms with Crippen molar-refractivity contribution in [1.29, 1.82) is 0 Å². The van der Waals surface area contributed by atoms with Gasteiger partial charge in [0.05, 0.1) is 10.7 Å². The summed E-state index contributed by atoms with van der Waals surface area (Å²) in [6.07, 6.45) is 3.32. The largest absolute Gasteiger partial charge is 0.493 e. The van der Waals surface area contributed by atoms with Crippen LogP contribution < -0.4 is 9.47 Å². The Morgan fingerprint density at radius 1 is 1.03 bits per heavy atom. The molecule has 1 N–H and O–H groups in total. The molecule has 38 heavy (non-hydrogen) atoms. The van der Waals surface area contributed by atoms with Crippen LogP contribution in [-0.2, 0) is 21.0 Å². The average molecular weight is 692 g/mol. The molecule has 0 saturated heterocycles. The summed E-state index contributed by atoms with van der Waals surface area (Å²) in [6.45, 7) is 0.1000. The monoisotopic (exact) mass is 691 g/mol. The molecular weight excluding hydrogens is 665 g/mol. The molecule has 0 bridgehead atoms. The fourth-order valence-electron chi connectivity index (χ4n) is 5.66. The Hall–Kier alpha value is -2.66. The normalized spacial score (nSPS) is 17.9. The van der Waals surface area contributed by atoms with Gasteiger partial charge in [0, 0.05) is 45.8 Å². The van der Waals surface area contributed by atoms with Gasteiger partial charge in [-0.15, -0.1) is 0 Å². The number of carbonyl (C=O) groups is 3. The topological polar surface area (TPSA) is 93.1 Å². The number of halogens is 2. The van der Waals surface area contributed by atoms with Gasteiger partial charge in [-0.1, -0.05) is 28.1 Å². The molecule has 0 atom stereocenters. The zero-order valence-corrected chi connectivity index (χ0v) is 24.6. The number of carboxylic acids is 1. The minimum atomic E-state index is -0.985. The third kappa shape index (κ3) is 5.14. The first kappa shape index (κ1) is 26.9. The summed E-state index contributed by atoms with van der Waals surface area (Å²) in [5, 5.41) is 9.65. The van der Waals surface area contributed by atoms with Crippen LogP contribution in [0.4, 0.5) is 0 Å². The van der Waals surface area contributed by atoms with Gasteiger partial charge in [0.15, 0.2) is 23.1 Å². The summed E-state index contributed by atoms with van der Waals surface area (Å²) in [6, 6.07) is 11.7. The molecule has 198 valence electrons. The molecule has 1 heterocycles. The lowest BCUT2D eigenvalue weighted by atomic mass is 9.71. The fourth-order valence-corrected chi connectivity index (χ4v) is 6.70. The highest BCUT2D eigenvalue weighted by Gasteiger charge is 2.44. The van der Waals surface area contributed by atoms with Crippen LogP contribution in [0.1, 0.15) is 55.6 Å². The Morgan fingerprint density at radius 2 is 1.63 bits per heavy atom. The van der Waals surface area contributed by atoms with Crippen LogP contribution in [0.25, 0.3) is 0 Å². The van der Waals surface area contributed by atoms with Gasteiger partial charge < -0.3 is 19.5 Å². The molecule has 0 saturated carbocycles. The second-order valence-electron chi connectivity index (χ2n) is 9.64. The first-order chi connectivity index (χ1) is 18.3. The van der Waals surface area contributed by atoms with Crippen molar-refractivity contribution in [2.24, 2.45) is 0 Å². The number of hydrogen-bond donors (Lipinski definition) is 1. The van der Waals surface area contributed by atoms with E-state index in [1.165, 1.54) is 0 Å². The van der Waals surface area contributed by atoms with Crippen LogP contribution in [0.15, 0.2) is 63.4 Å². The molecule has 0 amide bonds. The van der Waals surface area contributed by atoms with E-state index in [4.69, 9.17) is 9.47 Å². The number of methoxy groups -OCH3 is 1. The molecule has 1 aliphatic heterocycles. The van der Waals surface area contributed by atoms with Gasteiger partial charge >= 0.3 is 5.97 Å². The molecule has 2 aromatic carbocycles. The van der Waals surface area contributed by atoms with Crippen LogP contribution in [0, 0.1) is 3.57 Å². The molecule has 3 aliphatic rings. The Balaban J connectivity index is 1.60. The SMILES string of the molecule is COc1cc(C2C3=C(CCCC3=O)N(CC(=O)O)C3=C2C(=O)CCC3)cc(I)c1OCc1ccc(Br)cc1. The lowest BCUT2D eigenvalue weighted by Crippen LogP contribution is -2.41. The second-order valence-corrected chi connectivity index (χ2v) is 11.7. The first-order valence-corrected chi connectivity index (χ1v) is 14.4. The number of benzene rings is 2. The molecule has 0 aromatic heterocycles. The van der Waals surface area contributed by atoms with Crippen LogP contribution >= 0.6 is 38.5 Å². The van der Waals surface area contributed by atoms with Crippen LogP contribution in [0.3, 0.4) is 0 Å². The maximum atomic E-state index is 13.4. The second kappa shape index (κ2) is 11.2. The lowest BCUT2D eigenvalue weighted by Gasteiger charge is -2.43. The van der Waals surface area contributed by atoms with Crippen molar-refractivity contribution in [3.05, 3.63) is 78.1 Å². The minimum Gasteiger partial charge on any atom is -0.493 e. The summed E-state index contributed by atoms with van der Waals surface area (Å²) >= 11 is 5.65. The molecule has 2 aromatic rings. The van der Waals surface area contributed by atoms with Gasteiger partial charge in [-0.3, -0.25) is 14.4 Å². The summed E-state index contributed by atoms with van der Waals surface area (Å²) in [4.78, 5) is 40.3. The van der Waals surface area contributed by atoms with Crippen molar-refractivity contribution < 1.29 is 29.0 Å². The number of carbonyl (C=O) groups excluding carboxylic acids is 2. The number of aliphatic carboxylic acids is 1. The van der Waals surface area contributed by atoms with E-state index in [0.29, 0.717) is 67.8 Å². The number of rotatable bonds is 7. The molecule has 0 radical (unpaired) electrons. The van der Waals surface area contributed by atoms with Crippen molar-refractivity contribution in [3.63, 3.8) is 0 Å². The van der Waals surface area contributed by atoms with Crippen LogP contribution in [0.2, 0.25) is 0 Å². The third-order valence-corrected chi connectivity index (χ3v) is 8.59. The Morgan fingerprint density at radius 3 is 2.18 bits per heavy atom. The lowest BCUT2D eigenvalue weighted by molar-refractivity contribution is -0.138. The van der Waals surface area contributed by atoms with Crippen LogP contribution in [0.5, 0.6) is 11.5 Å². The van der Waals surface area contributed by atoms with E-state index >= 15 is 0 Å². The summed E-state index contributed by atoms with van der Waals surface area (Å²) in [5.41, 5.74) is 4.37. The number of ether oxygens (including phenoxy) is 2. The van der Waals surface area contributed by atoms with E-state index in [2.05, 4.69) is 38.5 Å². The molecule has 5 rings (SSSR count). The molecule has 7 nitrogen and oxygen atoms in total. The highest BCUT2D eigenvalue weighted by molar-refractivity contribution is 14.1. The molecule has 0 spiro atoms. The predicted octanol–water partition coefficient (Wildman–Crippen LogP) is 6.14. The number of hydrogen-bond acceptors (Lipinski definition) is 6. The third-order valence-electron chi connectivity index (χ3n) is 7.26. The van der Waals surface area contributed by atoms with Crippen molar-refractivity contribution in [3.8, 4) is 11.5 Å². The van der Waals surface area contributed by atoms with Gasteiger partial charge in [-0.2, -0.15) is 0 Å². The fraction of sp³-hybridized carbons (Fsp3) is 0.345. The van der Waals surface area contributed by atoms with E-state index in [9.17, 15) is 19.5 Å². The van der Waals surface area contributed by atoms with E-state index in [0.717, 1.165) is 30.6 Å². The predicted molar refractivity (Wildman–Crippen MR) is 153 cm³/mol. The van der Waals surface area contributed by atoms with Crippen molar-refractivity contribution >= 4 is 56.1 Å². The van der Waals surface area contributed by atoms with Crippen LogP contribution in [-0.4, -0.2) is 41.2 Å². The van der Waals surface area contributed by atoms with Gasteiger partial charge in [0.1, 0.15) is 13.2 Å².